The molecule has 2 rings (SSSR count). The molecular weight excluding hydrogens is 327 g/mol. The molecule has 0 atom stereocenters. The minimum Gasteiger partial charge on any atom is -0.335 e. The van der Waals surface area contributed by atoms with Crippen molar-refractivity contribution in [1.82, 2.24) is 5.32 Å². The lowest BCUT2D eigenvalue weighted by atomic mass is 9.93. The number of hydrogen-bond donors (Lipinski definition) is 2. The molecule has 92 valence electrons. The third kappa shape index (κ3) is 3.27. The van der Waals surface area contributed by atoms with E-state index in [0.717, 1.165) is 17.3 Å². The summed E-state index contributed by atoms with van der Waals surface area (Å²) in [7, 11) is 0. The highest BCUT2D eigenvalue weighted by Crippen LogP contribution is 2.33. The second kappa shape index (κ2) is 5.46. The fourth-order valence-electron chi connectivity index (χ4n) is 1.55. The van der Waals surface area contributed by atoms with Crippen LogP contribution in [0, 0.1) is 0 Å². The van der Waals surface area contributed by atoms with E-state index in [-0.39, 0.29) is 12.1 Å². The standard InChI is InChI=1S/C11H11BrCl2N2O/c12-6-4-8(13)10(9(14)5-6)16-11(17)15-7-2-1-3-7/h4-5,7H,1-3H2,(H2,15,16,17). The molecule has 0 radical (unpaired) electrons. The number of nitrogens with one attached hydrogen (secondary N) is 2. The second-order valence-corrected chi connectivity index (χ2v) is 5.70. The van der Waals surface area contributed by atoms with Gasteiger partial charge < -0.3 is 10.6 Å². The maximum absolute atomic E-state index is 11.7. The van der Waals surface area contributed by atoms with Crippen LogP contribution in [0.25, 0.3) is 0 Å². The van der Waals surface area contributed by atoms with Crippen LogP contribution in [0.4, 0.5) is 10.5 Å². The number of hydrogen-bond acceptors (Lipinski definition) is 1. The zero-order chi connectivity index (χ0) is 12.4. The quantitative estimate of drug-likeness (QED) is 0.823. The molecule has 17 heavy (non-hydrogen) atoms. The first-order valence-electron chi connectivity index (χ1n) is 5.28. The van der Waals surface area contributed by atoms with Gasteiger partial charge in [-0.3, -0.25) is 0 Å². The summed E-state index contributed by atoms with van der Waals surface area (Å²) >= 11 is 15.3. The van der Waals surface area contributed by atoms with Crippen molar-refractivity contribution in [3.8, 4) is 0 Å². The van der Waals surface area contributed by atoms with Crippen LogP contribution in [0.2, 0.25) is 10.0 Å². The Labute approximate surface area is 118 Å². The first-order valence-corrected chi connectivity index (χ1v) is 6.83. The summed E-state index contributed by atoms with van der Waals surface area (Å²) in [5.41, 5.74) is 0.438. The summed E-state index contributed by atoms with van der Waals surface area (Å²) < 4.78 is 0.775. The largest absolute Gasteiger partial charge is 0.335 e. The molecule has 1 aromatic carbocycles. The van der Waals surface area contributed by atoms with E-state index in [2.05, 4.69) is 26.6 Å². The highest BCUT2D eigenvalue weighted by molar-refractivity contribution is 9.10. The van der Waals surface area contributed by atoms with Gasteiger partial charge in [0.1, 0.15) is 0 Å². The molecule has 0 saturated heterocycles. The molecule has 1 fully saturated rings. The number of carbonyl (C=O) groups excluding carboxylic acids is 1. The maximum atomic E-state index is 11.7. The van der Waals surface area contributed by atoms with Crippen LogP contribution in [-0.2, 0) is 0 Å². The molecule has 0 heterocycles. The number of halogens is 3. The van der Waals surface area contributed by atoms with Crippen molar-refractivity contribution in [3.63, 3.8) is 0 Å². The number of urea groups is 1. The monoisotopic (exact) mass is 336 g/mol. The Balaban J connectivity index is 2.04. The predicted octanol–water partition coefficient (Wildman–Crippen LogP) is 4.43. The van der Waals surface area contributed by atoms with Crippen LogP contribution in [0.15, 0.2) is 16.6 Å². The summed E-state index contributed by atoms with van der Waals surface area (Å²) in [5, 5.41) is 6.35. The average Bonchev–Trinajstić information content (AvgIpc) is 2.17. The van der Waals surface area contributed by atoms with Gasteiger partial charge in [-0.2, -0.15) is 0 Å². The minimum absolute atomic E-state index is 0.263. The van der Waals surface area contributed by atoms with Crippen molar-refractivity contribution in [2.24, 2.45) is 0 Å². The maximum Gasteiger partial charge on any atom is 0.319 e. The van der Waals surface area contributed by atoms with E-state index in [1.165, 1.54) is 6.42 Å². The number of carbonyl (C=O) groups is 1. The van der Waals surface area contributed by atoms with E-state index < -0.39 is 0 Å². The Morgan fingerprint density at radius 2 is 1.88 bits per heavy atom. The summed E-state index contributed by atoms with van der Waals surface area (Å²) in [4.78, 5) is 11.7. The Kier molecular flexibility index (Phi) is 4.17. The Hall–Kier alpha value is -0.450. The van der Waals surface area contributed by atoms with Gasteiger partial charge in [0.15, 0.2) is 0 Å². The number of anilines is 1. The Morgan fingerprint density at radius 3 is 2.35 bits per heavy atom. The molecule has 1 aliphatic rings. The van der Waals surface area contributed by atoms with Gasteiger partial charge >= 0.3 is 6.03 Å². The highest BCUT2D eigenvalue weighted by atomic mass is 79.9. The van der Waals surface area contributed by atoms with Gasteiger partial charge in [0.2, 0.25) is 0 Å². The lowest BCUT2D eigenvalue weighted by Gasteiger charge is -2.26. The molecule has 2 amide bonds. The molecule has 1 aliphatic carbocycles. The van der Waals surface area contributed by atoms with Crippen molar-refractivity contribution in [2.75, 3.05) is 5.32 Å². The molecule has 0 aliphatic heterocycles. The van der Waals surface area contributed by atoms with Gasteiger partial charge in [-0.05, 0) is 31.4 Å². The van der Waals surface area contributed by atoms with Gasteiger partial charge in [-0.1, -0.05) is 39.1 Å². The SMILES string of the molecule is O=C(Nc1c(Cl)cc(Br)cc1Cl)NC1CCC1. The first-order chi connectivity index (χ1) is 8.06. The molecule has 0 spiro atoms. The van der Waals surface area contributed by atoms with Crippen molar-refractivity contribution in [3.05, 3.63) is 26.7 Å². The van der Waals surface area contributed by atoms with Crippen LogP contribution in [0.1, 0.15) is 19.3 Å². The summed E-state index contributed by atoms with van der Waals surface area (Å²) in [6.07, 6.45) is 3.25. The smallest absolute Gasteiger partial charge is 0.319 e. The number of amides is 2. The zero-order valence-electron chi connectivity index (χ0n) is 8.90. The van der Waals surface area contributed by atoms with Gasteiger partial charge in [0.25, 0.3) is 0 Å². The normalized spacial score (nSPS) is 15.2. The summed E-state index contributed by atoms with van der Waals surface area (Å²) in [6, 6.07) is 3.39. The van der Waals surface area contributed by atoms with Crippen molar-refractivity contribution >= 4 is 50.9 Å². The zero-order valence-corrected chi connectivity index (χ0v) is 12.0. The topological polar surface area (TPSA) is 41.1 Å². The first kappa shape index (κ1) is 13.0. The van der Waals surface area contributed by atoms with Gasteiger partial charge in [-0.25, -0.2) is 4.79 Å². The average molecular weight is 338 g/mol. The van der Waals surface area contributed by atoms with E-state index >= 15 is 0 Å². The predicted molar refractivity (Wildman–Crippen MR) is 74.0 cm³/mol. The molecule has 0 aromatic heterocycles. The Bertz CT molecular complexity index is 426. The van der Waals surface area contributed by atoms with Gasteiger partial charge in [0, 0.05) is 10.5 Å². The molecule has 3 nitrogen and oxygen atoms in total. The van der Waals surface area contributed by atoms with Crippen LogP contribution in [0.5, 0.6) is 0 Å². The van der Waals surface area contributed by atoms with Gasteiger partial charge in [-0.15, -0.1) is 0 Å². The number of rotatable bonds is 2. The molecule has 2 N–H and O–H groups in total. The molecule has 1 aromatic rings. The van der Waals surface area contributed by atoms with Gasteiger partial charge in [0.05, 0.1) is 15.7 Å². The molecule has 0 unspecified atom stereocenters. The third-order valence-electron chi connectivity index (χ3n) is 2.69. The fraction of sp³-hybridized carbons (Fsp3) is 0.364. The van der Waals surface area contributed by atoms with Crippen LogP contribution in [-0.4, -0.2) is 12.1 Å². The summed E-state index contributed by atoms with van der Waals surface area (Å²) in [6.45, 7) is 0. The van der Waals surface area contributed by atoms with Crippen molar-refractivity contribution < 1.29 is 4.79 Å². The highest BCUT2D eigenvalue weighted by Gasteiger charge is 2.20. The van der Waals surface area contributed by atoms with E-state index in [0.29, 0.717) is 15.7 Å². The van der Waals surface area contributed by atoms with E-state index in [4.69, 9.17) is 23.2 Å². The van der Waals surface area contributed by atoms with Crippen molar-refractivity contribution in [2.45, 2.75) is 25.3 Å². The van der Waals surface area contributed by atoms with E-state index in [1.807, 2.05) is 0 Å². The van der Waals surface area contributed by atoms with Crippen molar-refractivity contribution in [1.29, 1.82) is 0 Å². The minimum atomic E-state index is -0.263. The second-order valence-electron chi connectivity index (χ2n) is 3.97. The van der Waals surface area contributed by atoms with Crippen LogP contribution >= 0.6 is 39.1 Å². The lowest BCUT2D eigenvalue weighted by Crippen LogP contribution is -2.41. The molecule has 0 bridgehead atoms. The molecular formula is C11H11BrCl2N2O. The fourth-order valence-corrected chi connectivity index (χ4v) is 2.85. The third-order valence-corrected chi connectivity index (χ3v) is 3.74. The molecule has 6 heteroatoms. The van der Waals surface area contributed by atoms with Crippen LogP contribution in [0.3, 0.4) is 0 Å². The lowest BCUT2D eigenvalue weighted by molar-refractivity contribution is 0.240. The van der Waals surface area contributed by atoms with E-state index in [9.17, 15) is 4.79 Å². The Morgan fingerprint density at radius 1 is 1.29 bits per heavy atom. The molecule has 1 saturated carbocycles. The number of benzene rings is 1. The van der Waals surface area contributed by atoms with E-state index in [1.54, 1.807) is 12.1 Å². The summed E-state index contributed by atoms with van der Waals surface area (Å²) in [5.74, 6) is 0. The van der Waals surface area contributed by atoms with Crippen LogP contribution < -0.4 is 10.6 Å².